The van der Waals surface area contributed by atoms with Gasteiger partial charge < -0.3 is 9.94 Å². The number of thiol groups is 1. The summed E-state index contributed by atoms with van der Waals surface area (Å²) in [7, 11) is 0. The molecule has 0 aliphatic heterocycles. The Morgan fingerprint density at radius 2 is 2.14 bits per heavy atom. The van der Waals surface area contributed by atoms with Crippen molar-refractivity contribution in [2.24, 2.45) is 0 Å². The first-order valence-electron chi connectivity index (χ1n) is 4.05. The van der Waals surface area contributed by atoms with E-state index < -0.39 is 12.0 Å². The van der Waals surface area contributed by atoms with Crippen molar-refractivity contribution in [3.05, 3.63) is 30.3 Å². The van der Waals surface area contributed by atoms with Crippen LogP contribution in [0.3, 0.4) is 0 Å². The molecule has 1 atom stereocenters. The molecule has 0 aliphatic rings. The summed E-state index contributed by atoms with van der Waals surface area (Å²) < 4.78 is 0. The highest BCUT2D eigenvalue weighted by atomic mass is 32.1. The second kappa shape index (κ2) is 5.51. The standard InChI is InChI=1S/C9H11NO3S/c11-9(12)8(6-14)10-13-7-4-2-1-3-5-7/h1-5,8,10,14H,6H2,(H,11,12)/t8-/m0/s1. The molecule has 2 N–H and O–H groups in total. The third-order valence-electron chi connectivity index (χ3n) is 1.54. The van der Waals surface area contributed by atoms with E-state index in [1.807, 2.05) is 6.07 Å². The van der Waals surface area contributed by atoms with Crippen molar-refractivity contribution in [2.75, 3.05) is 5.75 Å². The quantitative estimate of drug-likeness (QED) is 0.503. The molecule has 0 amide bonds. The second-order valence-electron chi connectivity index (χ2n) is 2.61. The van der Waals surface area contributed by atoms with Crippen LogP contribution >= 0.6 is 12.6 Å². The number of nitrogens with one attached hydrogen (secondary N) is 1. The summed E-state index contributed by atoms with van der Waals surface area (Å²) in [6, 6.07) is 8.09. The lowest BCUT2D eigenvalue weighted by Crippen LogP contribution is -2.40. The van der Waals surface area contributed by atoms with Gasteiger partial charge in [-0.05, 0) is 12.1 Å². The Labute approximate surface area is 87.3 Å². The van der Waals surface area contributed by atoms with Crippen LogP contribution in [0.1, 0.15) is 0 Å². The molecule has 0 fully saturated rings. The summed E-state index contributed by atoms with van der Waals surface area (Å²) in [5, 5.41) is 8.66. The monoisotopic (exact) mass is 213 g/mol. The first-order valence-corrected chi connectivity index (χ1v) is 4.68. The zero-order valence-corrected chi connectivity index (χ0v) is 8.28. The molecule has 0 saturated heterocycles. The molecular weight excluding hydrogens is 202 g/mol. The summed E-state index contributed by atoms with van der Waals surface area (Å²) in [6.45, 7) is 0. The number of carboxylic acid groups (broad SMARTS) is 1. The molecule has 0 radical (unpaired) electrons. The van der Waals surface area contributed by atoms with Gasteiger partial charge in [-0.3, -0.25) is 4.79 Å². The highest BCUT2D eigenvalue weighted by Gasteiger charge is 2.15. The fourth-order valence-corrected chi connectivity index (χ4v) is 1.02. The number of carboxylic acids is 1. The SMILES string of the molecule is O=C(O)[C@H](CS)NOc1ccccc1. The zero-order valence-electron chi connectivity index (χ0n) is 7.38. The minimum absolute atomic E-state index is 0.169. The van der Waals surface area contributed by atoms with E-state index in [9.17, 15) is 4.79 Å². The van der Waals surface area contributed by atoms with E-state index in [0.29, 0.717) is 5.75 Å². The van der Waals surface area contributed by atoms with Crippen molar-refractivity contribution in [2.45, 2.75) is 6.04 Å². The van der Waals surface area contributed by atoms with Crippen LogP contribution in [0.5, 0.6) is 5.75 Å². The largest absolute Gasteiger partial charge is 0.480 e. The number of rotatable bonds is 5. The number of aliphatic carboxylic acids is 1. The number of hydrogen-bond acceptors (Lipinski definition) is 4. The van der Waals surface area contributed by atoms with Crippen molar-refractivity contribution in [3.8, 4) is 5.75 Å². The normalized spacial score (nSPS) is 12.1. The van der Waals surface area contributed by atoms with E-state index in [1.165, 1.54) is 0 Å². The molecule has 14 heavy (non-hydrogen) atoms. The third-order valence-corrected chi connectivity index (χ3v) is 1.91. The van der Waals surface area contributed by atoms with Gasteiger partial charge in [0.25, 0.3) is 0 Å². The Bertz CT molecular complexity index is 291. The van der Waals surface area contributed by atoms with Crippen LogP contribution in [0.4, 0.5) is 0 Å². The van der Waals surface area contributed by atoms with Crippen LogP contribution in [-0.2, 0) is 4.79 Å². The number of benzene rings is 1. The van der Waals surface area contributed by atoms with E-state index in [4.69, 9.17) is 9.94 Å². The molecule has 1 aromatic rings. The molecule has 0 heterocycles. The number of hydrogen-bond donors (Lipinski definition) is 3. The summed E-state index contributed by atoms with van der Waals surface area (Å²) in [5.74, 6) is -0.251. The van der Waals surface area contributed by atoms with Gasteiger partial charge in [-0.1, -0.05) is 18.2 Å². The Morgan fingerprint density at radius 1 is 1.50 bits per heavy atom. The van der Waals surface area contributed by atoms with Crippen LogP contribution in [0.15, 0.2) is 30.3 Å². The minimum Gasteiger partial charge on any atom is -0.480 e. The van der Waals surface area contributed by atoms with Gasteiger partial charge in [-0.25, -0.2) is 0 Å². The molecule has 76 valence electrons. The number of hydroxylamine groups is 1. The van der Waals surface area contributed by atoms with Crippen molar-refractivity contribution in [3.63, 3.8) is 0 Å². The predicted molar refractivity (Wildman–Crippen MR) is 55.5 cm³/mol. The van der Waals surface area contributed by atoms with Crippen LogP contribution in [0.2, 0.25) is 0 Å². The predicted octanol–water partition coefficient (Wildman–Crippen LogP) is 0.953. The van der Waals surface area contributed by atoms with E-state index in [0.717, 1.165) is 0 Å². The molecule has 0 aromatic heterocycles. The first-order chi connectivity index (χ1) is 6.74. The average molecular weight is 213 g/mol. The molecule has 0 unspecified atom stereocenters. The highest BCUT2D eigenvalue weighted by molar-refractivity contribution is 7.80. The molecule has 0 bridgehead atoms. The van der Waals surface area contributed by atoms with Crippen LogP contribution in [0.25, 0.3) is 0 Å². The van der Waals surface area contributed by atoms with E-state index in [1.54, 1.807) is 24.3 Å². The van der Waals surface area contributed by atoms with Crippen molar-refractivity contribution < 1.29 is 14.7 Å². The molecular formula is C9H11NO3S. The third kappa shape index (κ3) is 3.27. The second-order valence-corrected chi connectivity index (χ2v) is 2.97. The topological polar surface area (TPSA) is 58.6 Å². The van der Waals surface area contributed by atoms with Crippen LogP contribution in [0, 0.1) is 0 Å². The van der Waals surface area contributed by atoms with Gasteiger partial charge in [0.15, 0.2) is 0 Å². The van der Waals surface area contributed by atoms with Crippen LogP contribution < -0.4 is 10.3 Å². The average Bonchev–Trinajstić information content (AvgIpc) is 2.20. The van der Waals surface area contributed by atoms with Crippen LogP contribution in [-0.4, -0.2) is 22.9 Å². The Kier molecular flexibility index (Phi) is 4.28. The molecule has 0 aliphatic carbocycles. The molecule has 4 nitrogen and oxygen atoms in total. The van der Waals surface area contributed by atoms with E-state index in [2.05, 4.69) is 18.1 Å². The Morgan fingerprint density at radius 3 is 2.64 bits per heavy atom. The van der Waals surface area contributed by atoms with Crippen molar-refractivity contribution in [1.82, 2.24) is 5.48 Å². The summed E-state index contributed by atoms with van der Waals surface area (Å²) in [4.78, 5) is 15.6. The van der Waals surface area contributed by atoms with Gasteiger partial charge in [0.05, 0.1) is 0 Å². The maximum absolute atomic E-state index is 10.6. The lowest BCUT2D eigenvalue weighted by atomic mass is 10.3. The van der Waals surface area contributed by atoms with Gasteiger partial charge in [0.1, 0.15) is 11.8 Å². The summed E-state index contributed by atoms with van der Waals surface area (Å²) in [6.07, 6.45) is 0. The summed E-state index contributed by atoms with van der Waals surface area (Å²) in [5.41, 5.74) is 2.41. The number of carbonyl (C=O) groups is 1. The van der Waals surface area contributed by atoms with Gasteiger partial charge in [0, 0.05) is 5.75 Å². The van der Waals surface area contributed by atoms with Gasteiger partial charge >= 0.3 is 5.97 Å². The lowest BCUT2D eigenvalue weighted by Gasteiger charge is -2.12. The maximum atomic E-state index is 10.6. The van der Waals surface area contributed by atoms with Gasteiger partial charge in [-0.15, -0.1) is 5.48 Å². The van der Waals surface area contributed by atoms with Gasteiger partial charge in [-0.2, -0.15) is 12.6 Å². The molecule has 0 saturated carbocycles. The molecule has 1 aromatic carbocycles. The maximum Gasteiger partial charge on any atom is 0.324 e. The fraction of sp³-hybridized carbons (Fsp3) is 0.222. The van der Waals surface area contributed by atoms with Gasteiger partial charge in [0.2, 0.25) is 0 Å². The van der Waals surface area contributed by atoms with Crippen molar-refractivity contribution in [1.29, 1.82) is 0 Å². The smallest absolute Gasteiger partial charge is 0.324 e. The fourth-order valence-electron chi connectivity index (χ4n) is 0.793. The van der Waals surface area contributed by atoms with Crippen molar-refractivity contribution >= 4 is 18.6 Å². The Balaban J connectivity index is 2.44. The first kappa shape index (κ1) is 10.9. The zero-order chi connectivity index (χ0) is 10.4. The highest BCUT2D eigenvalue weighted by Crippen LogP contribution is 2.06. The summed E-state index contributed by atoms with van der Waals surface area (Å²) >= 11 is 3.88. The number of para-hydroxylation sites is 1. The minimum atomic E-state index is -0.990. The lowest BCUT2D eigenvalue weighted by molar-refractivity contribution is -0.140. The molecule has 5 heteroatoms. The van der Waals surface area contributed by atoms with E-state index >= 15 is 0 Å². The van der Waals surface area contributed by atoms with E-state index in [-0.39, 0.29) is 5.75 Å². The molecule has 1 rings (SSSR count). The Hall–Kier alpha value is -1.20. The molecule has 0 spiro atoms.